The predicted octanol–water partition coefficient (Wildman–Crippen LogP) is 1.10. The van der Waals surface area contributed by atoms with Gasteiger partial charge >= 0.3 is 11.6 Å². The second-order valence-electron chi connectivity index (χ2n) is 1.78. The number of hydrogen-bond donors (Lipinski definition) is 1. The quantitative estimate of drug-likeness (QED) is 0.767. The summed E-state index contributed by atoms with van der Waals surface area (Å²) in [4.78, 5) is 20.9. The van der Waals surface area contributed by atoms with Gasteiger partial charge in [0.15, 0.2) is 0 Å². The molecule has 0 unspecified atom stereocenters. The summed E-state index contributed by atoms with van der Waals surface area (Å²) in [5.41, 5.74) is -0.647. The maximum absolute atomic E-state index is 10.6. The third-order valence-corrected chi connectivity index (χ3v) is 1.57. The van der Waals surface area contributed by atoms with Crippen molar-refractivity contribution in [3.05, 3.63) is 32.8 Å². The summed E-state index contributed by atoms with van der Waals surface area (Å²) >= 11 is 2.84. The van der Waals surface area contributed by atoms with E-state index in [9.17, 15) is 9.59 Å². The van der Waals surface area contributed by atoms with Gasteiger partial charge in [0.1, 0.15) is 10.7 Å². The number of carboxylic acid groups (broad SMARTS) is 1. The fourth-order valence-corrected chi connectivity index (χ4v) is 0.855. The Balaban J connectivity index is 3.26. The maximum atomic E-state index is 10.6. The molecule has 0 aromatic carbocycles. The average molecular weight is 219 g/mol. The number of hydrogen-bond acceptors (Lipinski definition) is 3. The minimum absolute atomic E-state index is 0.0588. The minimum atomic E-state index is -1.13. The van der Waals surface area contributed by atoms with Crippen molar-refractivity contribution < 1.29 is 14.3 Å². The van der Waals surface area contributed by atoms with Gasteiger partial charge in [-0.2, -0.15) is 0 Å². The van der Waals surface area contributed by atoms with Crippen LogP contribution in [0.3, 0.4) is 0 Å². The van der Waals surface area contributed by atoms with Crippen molar-refractivity contribution in [3.8, 4) is 0 Å². The van der Waals surface area contributed by atoms with Crippen LogP contribution >= 0.6 is 15.9 Å². The van der Waals surface area contributed by atoms with Crippen molar-refractivity contribution in [2.75, 3.05) is 0 Å². The van der Waals surface area contributed by atoms with Crippen LogP contribution in [0.25, 0.3) is 0 Å². The molecule has 58 valence electrons. The molecule has 1 N–H and O–H groups in total. The monoisotopic (exact) mass is 218 g/mol. The molecule has 0 radical (unpaired) electrons. The molecule has 0 amide bonds. The molecule has 0 aliphatic carbocycles. The van der Waals surface area contributed by atoms with E-state index in [1.807, 2.05) is 0 Å². The van der Waals surface area contributed by atoms with Gasteiger partial charge in [0.25, 0.3) is 0 Å². The molecule has 0 aliphatic heterocycles. The third kappa shape index (κ3) is 1.68. The van der Waals surface area contributed by atoms with Crippen molar-refractivity contribution in [2.45, 2.75) is 0 Å². The zero-order chi connectivity index (χ0) is 8.43. The van der Waals surface area contributed by atoms with Crippen molar-refractivity contribution >= 4 is 21.9 Å². The maximum Gasteiger partial charge on any atom is 0.350 e. The van der Waals surface area contributed by atoms with Crippen LogP contribution in [0, 0.1) is 0 Å². The Morgan fingerprint density at radius 1 is 1.64 bits per heavy atom. The lowest BCUT2D eigenvalue weighted by atomic mass is 10.3. The van der Waals surface area contributed by atoms with E-state index >= 15 is 0 Å². The van der Waals surface area contributed by atoms with E-state index in [2.05, 4.69) is 20.3 Å². The Morgan fingerprint density at radius 2 is 2.27 bits per heavy atom. The Hall–Kier alpha value is -1.10. The van der Waals surface area contributed by atoms with Crippen LogP contribution in [0.2, 0.25) is 0 Å². The van der Waals surface area contributed by atoms with Gasteiger partial charge in [-0.05, 0) is 22.0 Å². The number of carbonyl (C=O) groups is 1. The smallest absolute Gasteiger partial charge is 0.350 e. The van der Waals surface area contributed by atoms with Gasteiger partial charge < -0.3 is 9.52 Å². The normalized spacial score (nSPS) is 9.55. The summed E-state index contributed by atoms with van der Waals surface area (Å²) in [5, 5.41) is 8.42. The van der Waals surface area contributed by atoms with E-state index in [1.54, 1.807) is 0 Å². The lowest BCUT2D eigenvalue weighted by Gasteiger charge is -1.91. The molecule has 0 bridgehead atoms. The van der Waals surface area contributed by atoms with Crippen molar-refractivity contribution in [1.29, 1.82) is 0 Å². The molecule has 4 nitrogen and oxygen atoms in total. The first-order valence-electron chi connectivity index (χ1n) is 2.63. The van der Waals surface area contributed by atoms with Crippen molar-refractivity contribution in [1.82, 2.24) is 0 Å². The summed E-state index contributed by atoms with van der Waals surface area (Å²) in [7, 11) is 0. The molecule has 5 heteroatoms. The molecule has 0 fully saturated rings. The van der Waals surface area contributed by atoms with Gasteiger partial charge in [0, 0.05) is 0 Å². The van der Waals surface area contributed by atoms with Gasteiger partial charge in [0.05, 0.1) is 5.56 Å². The van der Waals surface area contributed by atoms with Crippen molar-refractivity contribution in [2.24, 2.45) is 0 Å². The SMILES string of the molecule is O=C(O)c1coc(=O)c(Br)c1. The Morgan fingerprint density at radius 3 is 2.73 bits per heavy atom. The molecular weight excluding hydrogens is 216 g/mol. The van der Waals surface area contributed by atoms with E-state index in [-0.39, 0.29) is 10.0 Å². The standard InChI is InChI=1S/C6H3BrO4/c7-4-1-3(5(8)9)2-11-6(4)10/h1-2H,(H,8,9). The predicted molar refractivity (Wildman–Crippen MR) is 39.6 cm³/mol. The van der Waals surface area contributed by atoms with E-state index in [0.717, 1.165) is 6.26 Å². The summed E-state index contributed by atoms with van der Waals surface area (Å²) in [6, 6.07) is 1.19. The Kier molecular flexibility index (Phi) is 2.09. The Bertz CT molecular complexity index is 341. The van der Waals surface area contributed by atoms with Gasteiger partial charge in [-0.15, -0.1) is 0 Å². The average Bonchev–Trinajstić information content (AvgIpc) is 1.94. The first kappa shape index (κ1) is 8.00. The lowest BCUT2D eigenvalue weighted by molar-refractivity contribution is 0.0694. The highest BCUT2D eigenvalue weighted by Gasteiger charge is 2.05. The minimum Gasteiger partial charge on any atom is -0.478 e. The molecule has 1 aromatic heterocycles. The van der Waals surface area contributed by atoms with E-state index in [1.165, 1.54) is 6.07 Å². The molecule has 1 heterocycles. The Labute approximate surface area is 69.6 Å². The highest BCUT2D eigenvalue weighted by Crippen LogP contribution is 2.05. The van der Waals surface area contributed by atoms with Crippen LogP contribution in [0.15, 0.2) is 26.0 Å². The van der Waals surface area contributed by atoms with Crippen LogP contribution < -0.4 is 5.63 Å². The van der Waals surface area contributed by atoms with Gasteiger partial charge in [-0.25, -0.2) is 9.59 Å². The van der Waals surface area contributed by atoms with E-state index < -0.39 is 11.6 Å². The molecule has 0 spiro atoms. The first-order chi connectivity index (χ1) is 5.11. The van der Waals surface area contributed by atoms with Gasteiger partial charge in [-0.1, -0.05) is 0 Å². The topological polar surface area (TPSA) is 67.5 Å². The largest absolute Gasteiger partial charge is 0.478 e. The molecular formula is C6H3BrO4. The molecule has 0 aliphatic rings. The number of aromatic carboxylic acids is 1. The van der Waals surface area contributed by atoms with Crippen LogP contribution in [-0.2, 0) is 0 Å². The second-order valence-corrected chi connectivity index (χ2v) is 2.63. The number of carboxylic acids is 1. The van der Waals surface area contributed by atoms with Crippen LogP contribution in [0.5, 0.6) is 0 Å². The van der Waals surface area contributed by atoms with Gasteiger partial charge in [-0.3, -0.25) is 0 Å². The fraction of sp³-hybridized carbons (Fsp3) is 0. The summed E-state index contributed by atoms with van der Waals surface area (Å²) < 4.78 is 4.48. The second kappa shape index (κ2) is 2.87. The lowest BCUT2D eigenvalue weighted by Crippen LogP contribution is -2.03. The van der Waals surface area contributed by atoms with Crippen LogP contribution in [0.4, 0.5) is 0 Å². The third-order valence-electron chi connectivity index (χ3n) is 1.02. The highest BCUT2D eigenvalue weighted by atomic mass is 79.9. The molecule has 1 rings (SSSR count). The van der Waals surface area contributed by atoms with E-state index in [4.69, 9.17) is 5.11 Å². The molecule has 0 saturated carbocycles. The first-order valence-corrected chi connectivity index (χ1v) is 3.42. The molecule has 0 saturated heterocycles. The van der Waals surface area contributed by atoms with Crippen LogP contribution in [0.1, 0.15) is 10.4 Å². The summed E-state index contributed by atoms with van der Waals surface area (Å²) in [6.07, 6.45) is 0.898. The van der Waals surface area contributed by atoms with E-state index in [0.29, 0.717) is 0 Å². The fourth-order valence-electron chi connectivity index (χ4n) is 0.515. The molecule has 0 atom stereocenters. The molecule has 1 aromatic rings. The zero-order valence-corrected chi connectivity index (χ0v) is 6.79. The summed E-state index contributed by atoms with van der Waals surface area (Å²) in [6.45, 7) is 0. The van der Waals surface area contributed by atoms with Crippen LogP contribution in [-0.4, -0.2) is 11.1 Å². The summed E-state index contributed by atoms with van der Waals surface area (Å²) in [5.74, 6) is -1.13. The number of rotatable bonds is 1. The molecule has 11 heavy (non-hydrogen) atoms. The highest BCUT2D eigenvalue weighted by molar-refractivity contribution is 9.10. The van der Waals surface area contributed by atoms with Gasteiger partial charge in [0.2, 0.25) is 0 Å². The number of halogens is 1. The zero-order valence-electron chi connectivity index (χ0n) is 5.20. The van der Waals surface area contributed by atoms with Crippen molar-refractivity contribution in [3.63, 3.8) is 0 Å².